The quantitative estimate of drug-likeness (QED) is 0.311. The topological polar surface area (TPSA) is 147 Å². The molecule has 1 aliphatic heterocycles. The van der Waals surface area contributed by atoms with E-state index in [-0.39, 0.29) is 23.6 Å². The van der Waals surface area contributed by atoms with Crippen LogP contribution in [0.2, 0.25) is 0 Å². The molecule has 2 N–H and O–H groups in total. The van der Waals surface area contributed by atoms with Crippen molar-refractivity contribution in [3.05, 3.63) is 71.8 Å². The van der Waals surface area contributed by atoms with Crippen LogP contribution in [0.25, 0.3) is 0 Å². The van der Waals surface area contributed by atoms with Gasteiger partial charge in [-0.3, -0.25) is 4.79 Å². The third-order valence-corrected chi connectivity index (χ3v) is 12.5. The SMILES string of the molecule is CC(C)(C)Oc1ccc(C[C@H](NC(=O)[C@@H]2CCCN2S(=O)(=O)c2ccc(S(=O)(=O)c3ccc(C(F)(F)F)cc3)s2)C(=O)O)cc1. The van der Waals surface area contributed by atoms with Crippen molar-refractivity contribution in [1.82, 2.24) is 9.62 Å². The van der Waals surface area contributed by atoms with Gasteiger partial charge in [-0.25, -0.2) is 21.6 Å². The van der Waals surface area contributed by atoms with E-state index in [4.69, 9.17) is 4.74 Å². The lowest BCUT2D eigenvalue weighted by molar-refractivity contribution is -0.142. The maximum atomic E-state index is 13.5. The summed E-state index contributed by atoms with van der Waals surface area (Å²) in [5.41, 5.74) is -0.874. The standard InChI is InChI=1S/C29H31F3N2O8S3/c1-28(2,3)42-20-10-6-18(7-11-20)17-22(27(36)37)33-26(35)23-5-4-16-34(23)45(40,41)25-15-14-24(43-25)44(38,39)21-12-8-19(9-13-21)29(30,31)32/h6-15,22-23H,4-5,16-17H2,1-3H3,(H,33,35)(H,36,37)/t22-,23-/m0/s1. The van der Waals surface area contributed by atoms with Gasteiger partial charge in [-0.1, -0.05) is 12.1 Å². The molecule has 1 fully saturated rings. The predicted molar refractivity (Wildman–Crippen MR) is 158 cm³/mol. The number of hydrogen-bond acceptors (Lipinski definition) is 8. The normalized spacial score (nSPS) is 17.2. The highest BCUT2D eigenvalue weighted by Crippen LogP contribution is 2.36. The first kappa shape index (κ1) is 34.4. The molecule has 2 heterocycles. The van der Waals surface area contributed by atoms with Gasteiger partial charge in [-0.15, -0.1) is 11.3 Å². The third kappa shape index (κ3) is 8.04. The summed E-state index contributed by atoms with van der Waals surface area (Å²) >= 11 is 0.401. The van der Waals surface area contributed by atoms with Crippen LogP contribution in [0.3, 0.4) is 0 Å². The van der Waals surface area contributed by atoms with Crippen molar-refractivity contribution in [1.29, 1.82) is 0 Å². The van der Waals surface area contributed by atoms with Gasteiger partial charge in [-0.2, -0.15) is 17.5 Å². The number of hydrogen-bond donors (Lipinski definition) is 2. The number of sulfone groups is 1. The number of nitrogens with one attached hydrogen (secondary N) is 1. The maximum absolute atomic E-state index is 13.5. The summed E-state index contributed by atoms with van der Waals surface area (Å²) in [6.07, 6.45) is -4.33. The van der Waals surface area contributed by atoms with Crippen LogP contribution in [0.5, 0.6) is 5.75 Å². The number of alkyl halides is 3. The number of thiophene rings is 1. The van der Waals surface area contributed by atoms with Crippen molar-refractivity contribution in [2.24, 2.45) is 0 Å². The van der Waals surface area contributed by atoms with Crippen LogP contribution in [-0.2, 0) is 42.0 Å². The second-order valence-electron chi connectivity index (χ2n) is 11.3. The lowest BCUT2D eigenvalue weighted by Gasteiger charge is -2.24. The minimum absolute atomic E-state index is 0.0632. The van der Waals surface area contributed by atoms with Crippen LogP contribution in [0, 0.1) is 0 Å². The highest BCUT2D eigenvalue weighted by Gasteiger charge is 2.41. The molecule has 244 valence electrons. The van der Waals surface area contributed by atoms with Crippen LogP contribution >= 0.6 is 11.3 Å². The zero-order chi connectivity index (χ0) is 33.4. The molecule has 0 unspecified atom stereocenters. The number of nitrogens with zero attached hydrogens (tertiary/aromatic N) is 1. The van der Waals surface area contributed by atoms with Crippen molar-refractivity contribution < 1.29 is 49.4 Å². The Labute approximate surface area is 262 Å². The molecule has 1 amide bonds. The molecule has 0 aliphatic carbocycles. The Hall–Kier alpha value is -3.47. The second kappa shape index (κ2) is 12.7. The first-order chi connectivity index (χ1) is 20.8. The summed E-state index contributed by atoms with van der Waals surface area (Å²) in [7, 11) is -8.74. The fourth-order valence-corrected chi connectivity index (χ4v) is 9.64. The molecule has 1 aromatic heterocycles. The van der Waals surface area contributed by atoms with Gasteiger partial charge < -0.3 is 15.2 Å². The van der Waals surface area contributed by atoms with E-state index in [0.29, 0.717) is 41.2 Å². The van der Waals surface area contributed by atoms with Crippen molar-refractivity contribution in [3.63, 3.8) is 0 Å². The van der Waals surface area contributed by atoms with Crippen LogP contribution in [0.1, 0.15) is 44.7 Å². The van der Waals surface area contributed by atoms with Crippen molar-refractivity contribution in [3.8, 4) is 5.75 Å². The smallest absolute Gasteiger partial charge is 0.416 e. The fourth-order valence-electron chi connectivity index (χ4n) is 4.68. The molecule has 45 heavy (non-hydrogen) atoms. The largest absolute Gasteiger partial charge is 0.488 e. The van der Waals surface area contributed by atoms with E-state index in [9.17, 15) is 44.7 Å². The van der Waals surface area contributed by atoms with E-state index in [1.807, 2.05) is 20.8 Å². The number of benzene rings is 2. The lowest BCUT2D eigenvalue weighted by Crippen LogP contribution is -2.51. The van der Waals surface area contributed by atoms with Gasteiger partial charge in [0.05, 0.1) is 10.5 Å². The van der Waals surface area contributed by atoms with Crippen LogP contribution in [-0.4, -0.2) is 62.4 Å². The van der Waals surface area contributed by atoms with E-state index in [1.165, 1.54) is 0 Å². The number of ether oxygens (including phenoxy) is 1. The Kier molecular flexibility index (Phi) is 9.73. The first-order valence-corrected chi connectivity index (χ1v) is 17.4. The van der Waals surface area contributed by atoms with Crippen molar-refractivity contribution in [2.75, 3.05) is 6.54 Å². The number of carbonyl (C=O) groups is 2. The average molecular weight is 689 g/mol. The molecule has 1 aliphatic rings. The average Bonchev–Trinajstić information content (AvgIpc) is 3.64. The maximum Gasteiger partial charge on any atom is 0.416 e. The molecule has 3 aromatic rings. The summed E-state index contributed by atoms with van der Waals surface area (Å²) in [4.78, 5) is 24.8. The van der Waals surface area contributed by atoms with Crippen LogP contribution < -0.4 is 10.1 Å². The Balaban J connectivity index is 1.49. The molecular formula is C29H31F3N2O8S3. The summed E-state index contributed by atoms with van der Waals surface area (Å²) in [6.45, 7) is 5.58. The predicted octanol–water partition coefficient (Wildman–Crippen LogP) is 4.74. The molecule has 1 saturated heterocycles. The Bertz CT molecular complexity index is 1760. The highest BCUT2D eigenvalue weighted by atomic mass is 32.3. The van der Waals surface area contributed by atoms with Gasteiger partial charge >= 0.3 is 12.1 Å². The lowest BCUT2D eigenvalue weighted by atomic mass is 10.0. The van der Waals surface area contributed by atoms with Gasteiger partial charge in [0.15, 0.2) is 0 Å². The third-order valence-electron chi connectivity index (χ3n) is 6.78. The zero-order valence-electron chi connectivity index (χ0n) is 24.4. The molecule has 16 heteroatoms. The molecule has 2 atom stereocenters. The monoisotopic (exact) mass is 688 g/mol. The highest BCUT2D eigenvalue weighted by molar-refractivity contribution is 7.95. The summed E-state index contributed by atoms with van der Waals surface area (Å²) in [5.74, 6) is -1.55. The number of rotatable bonds is 10. The fraction of sp³-hybridized carbons (Fsp3) is 0.379. The van der Waals surface area contributed by atoms with Crippen LogP contribution in [0.15, 0.2) is 74.0 Å². The molecular weight excluding hydrogens is 658 g/mol. The van der Waals surface area contributed by atoms with E-state index < -0.39 is 70.3 Å². The molecule has 0 radical (unpaired) electrons. The van der Waals surface area contributed by atoms with E-state index in [2.05, 4.69) is 5.32 Å². The Morgan fingerprint density at radius 1 is 0.978 bits per heavy atom. The second-order valence-corrected chi connectivity index (χ2v) is 16.7. The van der Waals surface area contributed by atoms with Gasteiger partial charge in [0.2, 0.25) is 15.7 Å². The molecule has 0 spiro atoms. The minimum Gasteiger partial charge on any atom is -0.488 e. The minimum atomic E-state index is -4.66. The number of carboxylic acids is 1. The number of aliphatic carboxylic acids is 1. The van der Waals surface area contributed by atoms with Crippen molar-refractivity contribution >= 4 is 43.1 Å². The van der Waals surface area contributed by atoms with Gasteiger partial charge in [0.25, 0.3) is 10.0 Å². The van der Waals surface area contributed by atoms with E-state index in [0.717, 1.165) is 28.6 Å². The summed E-state index contributed by atoms with van der Waals surface area (Å²) in [5, 5.41) is 12.2. The molecule has 4 rings (SSSR count). The van der Waals surface area contributed by atoms with Gasteiger partial charge in [-0.05, 0) is 87.7 Å². The number of carbonyl (C=O) groups excluding carboxylic acids is 1. The number of carboxylic acid groups (broad SMARTS) is 1. The van der Waals surface area contributed by atoms with Crippen LogP contribution in [0.4, 0.5) is 13.2 Å². The zero-order valence-corrected chi connectivity index (χ0v) is 26.8. The molecule has 2 aromatic carbocycles. The summed E-state index contributed by atoms with van der Waals surface area (Å²) in [6, 6.07) is 9.00. The molecule has 10 nitrogen and oxygen atoms in total. The van der Waals surface area contributed by atoms with Gasteiger partial charge in [0, 0.05) is 13.0 Å². The van der Waals surface area contributed by atoms with E-state index in [1.54, 1.807) is 24.3 Å². The first-order valence-electron chi connectivity index (χ1n) is 13.6. The Morgan fingerprint density at radius 2 is 1.58 bits per heavy atom. The van der Waals surface area contributed by atoms with Gasteiger partial charge in [0.1, 0.15) is 31.9 Å². The number of sulfonamides is 1. The Morgan fingerprint density at radius 3 is 2.13 bits per heavy atom. The van der Waals surface area contributed by atoms with E-state index >= 15 is 0 Å². The molecule has 0 saturated carbocycles. The number of amides is 1. The molecule has 0 bridgehead atoms. The van der Waals surface area contributed by atoms with Crippen molar-refractivity contribution in [2.45, 2.75) is 77.2 Å². The number of halogens is 3. The summed E-state index contributed by atoms with van der Waals surface area (Å²) < 4.78 is 97.7.